The van der Waals surface area contributed by atoms with E-state index in [2.05, 4.69) is 10.00 Å². The van der Waals surface area contributed by atoms with Crippen molar-refractivity contribution >= 4 is 0 Å². The minimum atomic E-state index is 0.552. The number of hydrogen-bond donors (Lipinski definition) is 1. The number of nitrogens with zero attached hydrogens (tertiary/aromatic N) is 3. The van der Waals surface area contributed by atoms with E-state index in [0.29, 0.717) is 19.1 Å². The van der Waals surface area contributed by atoms with Crippen molar-refractivity contribution in [3.63, 3.8) is 0 Å². The zero-order valence-electron chi connectivity index (χ0n) is 14.7. The minimum Gasteiger partial charge on any atom is -0.443 e. The fraction of sp³-hybridized carbons (Fsp3) is 0.684. The second kappa shape index (κ2) is 6.57. The van der Waals surface area contributed by atoms with E-state index in [1.54, 1.807) is 0 Å². The zero-order chi connectivity index (χ0) is 16.6. The van der Waals surface area contributed by atoms with Crippen molar-refractivity contribution in [3.8, 4) is 0 Å². The number of hydrogen-bond acceptors (Lipinski definition) is 5. The second-order valence-electron chi connectivity index (χ2n) is 7.48. The van der Waals surface area contributed by atoms with E-state index in [0.717, 1.165) is 63.5 Å². The quantitative estimate of drug-likeness (QED) is 0.927. The van der Waals surface area contributed by atoms with Gasteiger partial charge >= 0.3 is 0 Å². The SMILES string of the molecule is C1CCc2oc(Cn3nc(C4CCNCC4)c4c3CCOC4)nc2C1. The number of piperidine rings is 1. The number of aryl methyl sites for hydroxylation is 2. The Morgan fingerprint density at radius 1 is 1.12 bits per heavy atom. The third-order valence-corrected chi connectivity index (χ3v) is 5.83. The average molecular weight is 342 g/mol. The number of aromatic nitrogens is 3. The molecule has 0 unspecified atom stereocenters. The number of rotatable bonds is 3. The van der Waals surface area contributed by atoms with E-state index in [1.165, 1.54) is 35.5 Å². The summed E-state index contributed by atoms with van der Waals surface area (Å²) in [5.41, 5.74) is 5.09. The lowest BCUT2D eigenvalue weighted by atomic mass is 9.91. The van der Waals surface area contributed by atoms with Crippen LogP contribution in [0.15, 0.2) is 4.42 Å². The first kappa shape index (κ1) is 15.6. The Bertz CT molecular complexity index is 734. The van der Waals surface area contributed by atoms with Gasteiger partial charge in [-0.25, -0.2) is 4.98 Å². The maximum Gasteiger partial charge on any atom is 0.216 e. The molecule has 2 aromatic heterocycles. The molecule has 1 saturated heterocycles. The normalized spacial score (nSPS) is 21.1. The van der Waals surface area contributed by atoms with Crippen LogP contribution in [-0.2, 0) is 37.2 Å². The molecular formula is C19H26N4O2. The Labute approximate surface area is 147 Å². The largest absolute Gasteiger partial charge is 0.443 e. The molecule has 25 heavy (non-hydrogen) atoms. The van der Waals surface area contributed by atoms with Gasteiger partial charge in [-0.15, -0.1) is 0 Å². The van der Waals surface area contributed by atoms with Gasteiger partial charge in [0.15, 0.2) is 0 Å². The van der Waals surface area contributed by atoms with Crippen molar-refractivity contribution in [3.05, 3.63) is 34.3 Å². The van der Waals surface area contributed by atoms with Gasteiger partial charge in [0.2, 0.25) is 5.89 Å². The van der Waals surface area contributed by atoms with E-state index < -0.39 is 0 Å². The van der Waals surface area contributed by atoms with E-state index in [4.69, 9.17) is 19.2 Å². The molecule has 1 fully saturated rings. The molecule has 0 bridgehead atoms. The second-order valence-corrected chi connectivity index (χ2v) is 7.48. The van der Waals surface area contributed by atoms with Gasteiger partial charge in [0.05, 0.1) is 24.6 Å². The fourth-order valence-corrected chi connectivity index (χ4v) is 4.49. The lowest BCUT2D eigenvalue weighted by molar-refractivity contribution is 0.108. The highest BCUT2D eigenvalue weighted by Gasteiger charge is 2.28. The number of ether oxygens (including phenoxy) is 1. The molecule has 0 radical (unpaired) electrons. The summed E-state index contributed by atoms with van der Waals surface area (Å²) in [5.74, 6) is 2.47. The summed E-state index contributed by atoms with van der Waals surface area (Å²) in [4.78, 5) is 4.75. The lowest BCUT2D eigenvalue weighted by Gasteiger charge is -2.23. The molecule has 134 valence electrons. The molecule has 6 heteroatoms. The van der Waals surface area contributed by atoms with Crippen LogP contribution in [0.2, 0.25) is 0 Å². The average Bonchev–Trinajstić information content (AvgIpc) is 3.24. The summed E-state index contributed by atoms with van der Waals surface area (Å²) in [6, 6.07) is 0. The maximum atomic E-state index is 6.04. The molecule has 0 amide bonds. The molecule has 1 aliphatic carbocycles. The molecule has 4 heterocycles. The van der Waals surface area contributed by atoms with Gasteiger partial charge in [0.25, 0.3) is 0 Å². The van der Waals surface area contributed by atoms with Gasteiger partial charge in [0.1, 0.15) is 12.3 Å². The first-order valence-electron chi connectivity index (χ1n) is 9.73. The van der Waals surface area contributed by atoms with Crippen LogP contribution in [0, 0.1) is 0 Å². The van der Waals surface area contributed by atoms with Crippen LogP contribution in [0.25, 0.3) is 0 Å². The molecule has 1 N–H and O–H groups in total. The predicted octanol–water partition coefficient (Wildman–Crippen LogP) is 2.34. The highest BCUT2D eigenvalue weighted by molar-refractivity contribution is 5.31. The van der Waals surface area contributed by atoms with Crippen molar-refractivity contribution < 1.29 is 9.15 Å². The van der Waals surface area contributed by atoms with Crippen LogP contribution in [0.3, 0.4) is 0 Å². The van der Waals surface area contributed by atoms with Gasteiger partial charge in [-0.3, -0.25) is 4.68 Å². The summed E-state index contributed by atoms with van der Waals surface area (Å²) in [6.07, 6.45) is 7.81. The van der Waals surface area contributed by atoms with E-state index in [1.807, 2.05) is 0 Å². The zero-order valence-corrected chi connectivity index (χ0v) is 14.7. The minimum absolute atomic E-state index is 0.552. The Hall–Kier alpha value is -1.66. The molecule has 3 aliphatic rings. The molecule has 0 aromatic carbocycles. The van der Waals surface area contributed by atoms with Crippen molar-refractivity contribution in [2.45, 2.75) is 64.0 Å². The standard InChI is InChI=1S/C19H26N4O2/c1-2-4-17-15(3-1)21-18(25-17)11-23-16-7-10-24-12-14(16)19(22-23)13-5-8-20-9-6-13/h13,20H,1-12H2. The Morgan fingerprint density at radius 3 is 2.88 bits per heavy atom. The topological polar surface area (TPSA) is 65.1 Å². The summed E-state index contributed by atoms with van der Waals surface area (Å²) >= 11 is 0. The molecule has 6 nitrogen and oxygen atoms in total. The lowest BCUT2D eigenvalue weighted by Crippen LogP contribution is -2.27. The molecule has 0 atom stereocenters. The van der Waals surface area contributed by atoms with Crippen LogP contribution < -0.4 is 5.32 Å². The van der Waals surface area contributed by atoms with Crippen LogP contribution >= 0.6 is 0 Å². The summed E-state index contributed by atoms with van der Waals surface area (Å²) in [6.45, 7) is 4.31. The fourth-order valence-electron chi connectivity index (χ4n) is 4.49. The van der Waals surface area contributed by atoms with Gasteiger partial charge in [-0.2, -0.15) is 5.10 Å². The molecule has 2 aliphatic heterocycles. The monoisotopic (exact) mass is 342 g/mol. The van der Waals surface area contributed by atoms with E-state index in [-0.39, 0.29) is 0 Å². The van der Waals surface area contributed by atoms with Gasteiger partial charge in [-0.05, 0) is 45.2 Å². The molecular weight excluding hydrogens is 316 g/mol. The Morgan fingerprint density at radius 2 is 2.00 bits per heavy atom. The Balaban J connectivity index is 1.46. The van der Waals surface area contributed by atoms with E-state index >= 15 is 0 Å². The molecule has 0 spiro atoms. The number of nitrogens with one attached hydrogen (secondary N) is 1. The highest BCUT2D eigenvalue weighted by Crippen LogP contribution is 2.32. The van der Waals surface area contributed by atoms with Crippen LogP contribution in [0.4, 0.5) is 0 Å². The smallest absolute Gasteiger partial charge is 0.216 e. The third-order valence-electron chi connectivity index (χ3n) is 5.83. The van der Waals surface area contributed by atoms with Gasteiger partial charge in [0, 0.05) is 30.0 Å². The first-order chi connectivity index (χ1) is 12.4. The molecule has 0 saturated carbocycles. The predicted molar refractivity (Wildman–Crippen MR) is 92.7 cm³/mol. The van der Waals surface area contributed by atoms with Crippen LogP contribution in [0.5, 0.6) is 0 Å². The summed E-state index contributed by atoms with van der Waals surface area (Å²) in [7, 11) is 0. The number of fused-ring (bicyclic) bond motifs is 2. The summed E-state index contributed by atoms with van der Waals surface area (Å²) < 4.78 is 13.9. The molecule has 2 aromatic rings. The number of oxazole rings is 1. The third kappa shape index (κ3) is 2.91. The van der Waals surface area contributed by atoms with Gasteiger partial charge < -0.3 is 14.5 Å². The van der Waals surface area contributed by atoms with Crippen molar-refractivity contribution in [2.75, 3.05) is 19.7 Å². The Kier molecular flexibility index (Phi) is 4.10. The highest BCUT2D eigenvalue weighted by atomic mass is 16.5. The van der Waals surface area contributed by atoms with Gasteiger partial charge in [-0.1, -0.05) is 0 Å². The van der Waals surface area contributed by atoms with Crippen molar-refractivity contribution in [1.29, 1.82) is 0 Å². The first-order valence-corrected chi connectivity index (χ1v) is 9.73. The van der Waals surface area contributed by atoms with Crippen LogP contribution in [-0.4, -0.2) is 34.5 Å². The van der Waals surface area contributed by atoms with E-state index in [9.17, 15) is 0 Å². The maximum absolute atomic E-state index is 6.04. The van der Waals surface area contributed by atoms with Crippen molar-refractivity contribution in [1.82, 2.24) is 20.1 Å². The summed E-state index contributed by atoms with van der Waals surface area (Å²) in [5, 5.41) is 8.47. The molecule has 5 rings (SSSR count). The van der Waals surface area contributed by atoms with Crippen LogP contribution in [0.1, 0.15) is 65.9 Å². The van der Waals surface area contributed by atoms with Crippen molar-refractivity contribution in [2.24, 2.45) is 0 Å².